The lowest BCUT2D eigenvalue weighted by Gasteiger charge is -2.08. The minimum atomic E-state index is -0.333. The molecule has 0 bridgehead atoms. The summed E-state index contributed by atoms with van der Waals surface area (Å²) in [6.07, 6.45) is 5.98. The molecule has 9 heteroatoms. The molecule has 0 atom stereocenters. The molecule has 0 radical (unpaired) electrons. The summed E-state index contributed by atoms with van der Waals surface area (Å²) in [5, 5.41) is 14.8. The highest BCUT2D eigenvalue weighted by molar-refractivity contribution is 6.37. The second-order valence-electron chi connectivity index (χ2n) is 6.42. The van der Waals surface area contributed by atoms with Gasteiger partial charge in [0.2, 0.25) is 0 Å². The van der Waals surface area contributed by atoms with Crippen molar-refractivity contribution in [2.75, 3.05) is 12.4 Å². The SMILES string of the molecule is CN/N=C(\C=N)c1ccc(CNc2cc(-c3cnc4cc(F)ccn34)ncn2)cc1. The Bertz CT molecular complexity index is 1210. The Kier molecular flexibility index (Phi) is 5.42. The van der Waals surface area contributed by atoms with Crippen LogP contribution in [0, 0.1) is 11.2 Å². The third kappa shape index (κ3) is 4.00. The topological polar surface area (TPSA) is 103 Å². The van der Waals surface area contributed by atoms with E-state index in [1.807, 2.05) is 30.3 Å². The summed E-state index contributed by atoms with van der Waals surface area (Å²) in [4.78, 5) is 12.8. The van der Waals surface area contributed by atoms with Gasteiger partial charge in [0.15, 0.2) is 0 Å². The highest BCUT2D eigenvalue weighted by Crippen LogP contribution is 2.21. The number of rotatable bonds is 7. The zero-order valence-electron chi connectivity index (χ0n) is 16.2. The highest BCUT2D eigenvalue weighted by Gasteiger charge is 2.09. The Labute approximate surface area is 172 Å². The fourth-order valence-electron chi connectivity index (χ4n) is 3.03. The minimum Gasteiger partial charge on any atom is -0.366 e. The predicted octanol–water partition coefficient (Wildman–Crippen LogP) is 3.12. The molecule has 8 nitrogen and oxygen atoms in total. The molecule has 0 saturated heterocycles. The summed E-state index contributed by atoms with van der Waals surface area (Å²) in [6, 6.07) is 12.4. The molecule has 30 heavy (non-hydrogen) atoms. The number of hydrazone groups is 1. The second-order valence-corrected chi connectivity index (χ2v) is 6.42. The van der Waals surface area contributed by atoms with Crippen LogP contribution >= 0.6 is 0 Å². The van der Waals surface area contributed by atoms with Crippen LogP contribution in [0.2, 0.25) is 0 Å². The van der Waals surface area contributed by atoms with E-state index in [2.05, 4.69) is 30.8 Å². The Morgan fingerprint density at radius 3 is 2.77 bits per heavy atom. The van der Waals surface area contributed by atoms with Crippen molar-refractivity contribution in [1.29, 1.82) is 5.41 Å². The molecule has 3 aromatic heterocycles. The number of nitrogens with zero attached hydrogens (tertiary/aromatic N) is 5. The Hall–Kier alpha value is -4.14. The van der Waals surface area contributed by atoms with Gasteiger partial charge >= 0.3 is 0 Å². The quantitative estimate of drug-likeness (QED) is 0.326. The van der Waals surface area contributed by atoms with E-state index < -0.39 is 0 Å². The Balaban J connectivity index is 1.50. The summed E-state index contributed by atoms with van der Waals surface area (Å²) in [5.74, 6) is 0.332. The van der Waals surface area contributed by atoms with Gasteiger partial charge in [-0.3, -0.25) is 4.40 Å². The molecule has 3 heterocycles. The van der Waals surface area contributed by atoms with Gasteiger partial charge in [0.1, 0.15) is 29.3 Å². The lowest BCUT2D eigenvalue weighted by Crippen LogP contribution is -2.08. The lowest BCUT2D eigenvalue weighted by molar-refractivity contribution is 0.626. The molecule has 4 aromatic rings. The van der Waals surface area contributed by atoms with Crippen LogP contribution in [0.25, 0.3) is 17.0 Å². The van der Waals surface area contributed by atoms with Crippen molar-refractivity contribution in [2.45, 2.75) is 6.54 Å². The molecule has 0 aliphatic heterocycles. The van der Waals surface area contributed by atoms with Crippen LogP contribution in [0.3, 0.4) is 0 Å². The number of halogens is 1. The van der Waals surface area contributed by atoms with E-state index in [1.54, 1.807) is 23.8 Å². The zero-order valence-corrected chi connectivity index (χ0v) is 16.2. The fraction of sp³-hybridized carbons (Fsp3) is 0.0952. The van der Waals surface area contributed by atoms with Crippen molar-refractivity contribution < 1.29 is 4.39 Å². The van der Waals surface area contributed by atoms with Crippen LogP contribution < -0.4 is 10.7 Å². The number of nitrogens with one attached hydrogen (secondary N) is 3. The molecule has 1 aromatic carbocycles. The van der Waals surface area contributed by atoms with E-state index in [0.29, 0.717) is 29.4 Å². The van der Waals surface area contributed by atoms with Gasteiger partial charge in [-0.25, -0.2) is 19.3 Å². The van der Waals surface area contributed by atoms with Gasteiger partial charge in [-0.15, -0.1) is 0 Å². The summed E-state index contributed by atoms with van der Waals surface area (Å²) in [6.45, 7) is 0.568. The third-order valence-electron chi connectivity index (χ3n) is 4.50. The maximum Gasteiger partial charge on any atom is 0.140 e. The van der Waals surface area contributed by atoms with Crippen molar-refractivity contribution in [2.24, 2.45) is 5.10 Å². The maximum atomic E-state index is 13.4. The van der Waals surface area contributed by atoms with Crippen molar-refractivity contribution in [3.63, 3.8) is 0 Å². The third-order valence-corrected chi connectivity index (χ3v) is 4.50. The van der Waals surface area contributed by atoms with E-state index in [0.717, 1.165) is 16.8 Å². The molecule has 0 aliphatic rings. The maximum absolute atomic E-state index is 13.4. The molecule has 0 saturated carbocycles. The number of aromatic nitrogens is 4. The molecule has 0 spiro atoms. The molecule has 4 rings (SSSR count). The van der Waals surface area contributed by atoms with Crippen molar-refractivity contribution in [1.82, 2.24) is 24.8 Å². The van der Waals surface area contributed by atoms with Gasteiger partial charge in [-0.1, -0.05) is 24.3 Å². The van der Waals surface area contributed by atoms with Gasteiger partial charge in [-0.2, -0.15) is 5.10 Å². The zero-order chi connectivity index (χ0) is 20.9. The van der Waals surface area contributed by atoms with E-state index in [4.69, 9.17) is 5.41 Å². The molecular weight excluding hydrogens is 383 g/mol. The first-order chi connectivity index (χ1) is 14.7. The molecule has 0 fully saturated rings. The summed E-state index contributed by atoms with van der Waals surface area (Å²) in [7, 11) is 1.70. The van der Waals surface area contributed by atoms with Crippen LogP contribution in [0.1, 0.15) is 11.1 Å². The number of benzene rings is 1. The summed E-state index contributed by atoms with van der Waals surface area (Å²) >= 11 is 0. The number of pyridine rings is 1. The number of imidazole rings is 1. The normalized spacial score (nSPS) is 11.5. The average molecular weight is 402 g/mol. The van der Waals surface area contributed by atoms with Gasteiger partial charge < -0.3 is 16.2 Å². The van der Waals surface area contributed by atoms with Crippen LogP contribution in [-0.4, -0.2) is 38.3 Å². The first kappa shape index (κ1) is 19.2. The first-order valence-corrected chi connectivity index (χ1v) is 9.21. The number of fused-ring (bicyclic) bond motifs is 1. The Morgan fingerprint density at radius 2 is 2.00 bits per heavy atom. The Morgan fingerprint density at radius 1 is 1.17 bits per heavy atom. The molecule has 0 unspecified atom stereocenters. The van der Waals surface area contributed by atoms with Crippen LogP contribution in [0.15, 0.2) is 66.3 Å². The molecule has 150 valence electrons. The lowest BCUT2D eigenvalue weighted by atomic mass is 10.1. The van der Waals surface area contributed by atoms with E-state index in [9.17, 15) is 4.39 Å². The van der Waals surface area contributed by atoms with Crippen LogP contribution in [-0.2, 0) is 6.54 Å². The minimum absolute atomic E-state index is 0.333. The van der Waals surface area contributed by atoms with Gasteiger partial charge in [0, 0.05) is 43.7 Å². The van der Waals surface area contributed by atoms with Crippen molar-refractivity contribution >= 4 is 23.4 Å². The summed E-state index contributed by atoms with van der Waals surface area (Å²) < 4.78 is 15.2. The summed E-state index contributed by atoms with van der Waals surface area (Å²) in [5.41, 5.74) is 7.12. The van der Waals surface area contributed by atoms with E-state index in [-0.39, 0.29) is 5.82 Å². The molecular formula is C21H19FN8. The standard InChI is InChI=1S/C21H19FN8/c1-24-29-18(10-23)15-4-2-14(3-5-15)11-25-20-9-17(27-13-28-20)19-12-26-21-8-16(22)6-7-30(19)21/h2-10,12-13,23-24H,11H2,1H3,(H,25,27,28)/b23-10?,29-18+. The molecule has 0 aliphatic carbocycles. The molecule has 0 amide bonds. The van der Waals surface area contributed by atoms with E-state index >= 15 is 0 Å². The van der Waals surface area contributed by atoms with Crippen LogP contribution in [0.4, 0.5) is 10.2 Å². The fourth-order valence-corrected chi connectivity index (χ4v) is 3.03. The second kappa shape index (κ2) is 8.48. The monoisotopic (exact) mass is 402 g/mol. The predicted molar refractivity (Wildman–Crippen MR) is 114 cm³/mol. The first-order valence-electron chi connectivity index (χ1n) is 9.21. The van der Waals surface area contributed by atoms with E-state index in [1.165, 1.54) is 24.7 Å². The number of anilines is 1. The largest absolute Gasteiger partial charge is 0.366 e. The van der Waals surface area contributed by atoms with Gasteiger partial charge in [0.05, 0.1) is 17.6 Å². The van der Waals surface area contributed by atoms with Gasteiger partial charge in [0.25, 0.3) is 0 Å². The van der Waals surface area contributed by atoms with Crippen molar-refractivity contribution in [3.05, 3.63) is 78.1 Å². The smallest absolute Gasteiger partial charge is 0.140 e. The van der Waals surface area contributed by atoms with Crippen LogP contribution in [0.5, 0.6) is 0 Å². The van der Waals surface area contributed by atoms with Crippen molar-refractivity contribution in [3.8, 4) is 11.4 Å². The average Bonchev–Trinajstić information content (AvgIpc) is 3.20. The highest BCUT2D eigenvalue weighted by atomic mass is 19.1. The number of hydrogen-bond donors (Lipinski definition) is 3. The number of hydrogen-bond acceptors (Lipinski definition) is 7. The van der Waals surface area contributed by atoms with Gasteiger partial charge in [-0.05, 0) is 11.6 Å². The molecule has 3 N–H and O–H groups in total.